The van der Waals surface area contributed by atoms with Gasteiger partial charge in [-0.25, -0.2) is 0 Å². The highest BCUT2D eigenvalue weighted by molar-refractivity contribution is 5.99. The topological polar surface area (TPSA) is 32.3 Å². The summed E-state index contributed by atoms with van der Waals surface area (Å²) in [6.07, 6.45) is -2.56. The zero-order chi connectivity index (χ0) is 11.9. The Hall–Kier alpha value is -1.04. The number of carbonyl (C=O) groups is 1. The molecule has 90 valence electrons. The van der Waals surface area contributed by atoms with Crippen molar-refractivity contribution in [3.8, 4) is 0 Å². The van der Waals surface area contributed by atoms with Crippen LogP contribution >= 0.6 is 0 Å². The molecule has 0 bridgehead atoms. The van der Waals surface area contributed by atoms with Crippen molar-refractivity contribution < 1.29 is 18.0 Å². The average Bonchev–Trinajstić information content (AvgIpc) is 2.54. The monoisotopic (exact) mass is 234 g/mol. The Morgan fingerprint density at radius 2 is 2.25 bits per heavy atom. The predicted molar refractivity (Wildman–Crippen MR) is 51.5 cm³/mol. The number of ketones is 1. The molecule has 2 atom stereocenters. The second kappa shape index (κ2) is 3.76. The zero-order valence-corrected chi connectivity index (χ0v) is 8.84. The lowest BCUT2D eigenvalue weighted by molar-refractivity contribution is -0.166. The molecule has 6 heteroatoms. The minimum absolute atomic E-state index is 0.0831. The van der Waals surface area contributed by atoms with Crippen LogP contribution in [0.3, 0.4) is 0 Å². The summed E-state index contributed by atoms with van der Waals surface area (Å²) in [5.41, 5.74) is -0.125. The SMILES string of the molecule is C[C@@H]1CN2C=C(C(=O)C(F)(F)F)CCC2N1. The molecule has 0 radical (unpaired) electrons. The van der Waals surface area contributed by atoms with E-state index in [0.717, 1.165) is 0 Å². The first kappa shape index (κ1) is 11.4. The number of rotatable bonds is 1. The van der Waals surface area contributed by atoms with E-state index in [0.29, 0.717) is 13.0 Å². The van der Waals surface area contributed by atoms with Gasteiger partial charge in [0.05, 0.1) is 6.17 Å². The second-order valence-corrected chi connectivity index (χ2v) is 4.30. The van der Waals surface area contributed by atoms with E-state index in [-0.39, 0.29) is 24.2 Å². The molecule has 3 nitrogen and oxygen atoms in total. The molecular formula is C10H13F3N2O. The van der Waals surface area contributed by atoms with Gasteiger partial charge < -0.3 is 4.90 Å². The molecule has 0 amide bonds. The summed E-state index contributed by atoms with van der Waals surface area (Å²) < 4.78 is 36.7. The van der Waals surface area contributed by atoms with Crippen LogP contribution in [0.5, 0.6) is 0 Å². The van der Waals surface area contributed by atoms with Crippen molar-refractivity contribution >= 4 is 5.78 Å². The van der Waals surface area contributed by atoms with Crippen LogP contribution in [0.15, 0.2) is 11.8 Å². The fraction of sp³-hybridized carbons (Fsp3) is 0.700. The third-order valence-corrected chi connectivity index (χ3v) is 2.92. The van der Waals surface area contributed by atoms with Crippen LogP contribution in [0.4, 0.5) is 13.2 Å². The number of Topliss-reactive ketones (excluding diaryl/α,β-unsaturated/α-hetero) is 1. The van der Waals surface area contributed by atoms with E-state index >= 15 is 0 Å². The first-order valence-corrected chi connectivity index (χ1v) is 5.22. The van der Waals surface area contributed by atoms with Crippen molar-refractivity contribution in [3.05, 3.63) is 11.8 Å². The van der Waals surface area contributed by atoms with Gasteiger partial charge in [0.15, 0.2) is 0 Å². The van der Waals surface area contributed by atoms with E-state index in [1.807, 2.05) is 6.92 Å². The summed E-state index contributed by atoms with van der Waals surface area (Å²) in [7, 11) is 0. The molecule has 1 saturated heterocycles. The van der Waals surface area contributed by atoms with Crippen LogP contribution in [0.25, 0.3) is 0 Å². The Balaban J connectivity index is 2.14. The lowest BCUT2D eigenvalue weighted by Crippen LogP contribution is -2.38. The second-order valence-electron chi connectivity index (χ2n) is 4.30. The third kappa shape index (κ3) is 2.07. The molecule has 0 aromatic heterocycles. The van der Waals surface area contributed by atoms with Crippen LogP contribution < -0.4 is 5.32 Å². The number of nitrogens with zero attached hydrogens (tertiary/aromatic N) is 1. The average molecular weight is 234 g/mol. The smallest absolute Gasteiger partial charge is 0.360 e. The molecule has 0 saturated carbocycles. The predicted octanol–water partition coefficient (Wildman–Crippen LogP) is 1.42. The van der Waals surface area contributed by atoms with Crippen molar-refractivity contribution in [1.29, 1.82) is 0 Å². The van der Waals surface area contributed by atoms with Crippen molar-refractivity contribution in [2.24, 2.45) is 0 Å². The summed E-state index contributed by atoms with van der Waals surface area (Å²) in [5.74, 6) is -1.70. The number of halogens is 3. The minimum atomic E-state index is -4.75. The molecule has 16 heavy (non-hydrogen) atoms. The third-order valence-electron chi connectivity index (χ3n) is 2.92. The van der Waals surface area contributed by atoms with E-state index < -0.39 is 12.0 Å². The lowest BCUT2D eigenvalue weighted by Gasteiger charge is -2.28. The van der Waals surface area contributed by atoms with E-state index in [9.17, 15) is 18.0 Å². The molecule has 2 rings (SSSR count). The number of hydrogen-bond acceptors (Lipinski definition) is 3. The van der Waals surface area contributed by atoms with Gasteiger partial charge in [0.1, 0.15) is 0 Å². The quantitative estimate of drug-likeness (QED) is 0.744. The van der Waals surface area contributed by atoms with Gasteiger partial charge in [-0.05, 0) is 19.8 Å². The van der Waals surface area contributed by atoms with Gasteiger partial charge in [0, 0.05) is 24.4 Å². The van der Waals surface area contributed by atoms with E-state index in [4.69, 9.17) is 0 Å². The maximum atomic E-state index is 12.2. The highest BCUT2D eigenvalue weighted by Crippen LogP contribution is 2.29. The Labute approximate surface area is 91.3 Å². The summed E-state index contributed by atoms with van der Waals surface area (Å²) in [6, 6.07) is 0.251. The van der Waals surface area contributed by atoms with Gasteiger partial charge in [0.25, 0.3) is 5.78 Å². The highest BCUT2D eigenvalue weighted by Gasteiger charge is 2.42. The van der Waals surface area contributed by atoms with E-state index in [1.165, 1.54) is 6.20 Å². The van der Waals surface area contributed by atoms with Crippen LogP contribution in [0.2, 0.25) is 0 Å². The molecule has 2 aliphatic rings. The van der Waals surface area contributed by atoms with Crippen LogP contribution in [-0.4, -0.2) is 35.6 Å². The van der Waals surface area contributed by atoms with Crippen molar-refractivity contribution in [2.45, 2.75) is 38.1 Å². The highest BCUT2D eigenvalue weighted by atomic mass is 19.4. The normalized spacial score (nSPS) is 30.0. The Kier molecular flexibility index (Phi) is 2.69. The van der Waals surface area contributed by atoms with Gasteiger partial charge in [-0.2, -0.15) is 13.2 Å². The van der Waals surface area contributed by atoms with E-state index in [2.05, 4.69) is 5.32 Å². The summed E-state index contributed by atoms with van der Waals surface area (Å²) >= 11 is 0. The van der Waals surface area contributed by atoms with Crippen molar-refractivity contribution in [1.82, 2.24) is 10.2 Å². The molecule has 1 fully saturated rings. The molecule has 0 aromatic rings. The molecule has 2 heterocycles. The first-order chi connectivity index (χ1) is 7.38. The molecule has 1 unspecified atom stereocenters. The van der Waals surface area contributed by atoms with Crippen LogP contribution in [0.1, 0.15) is 19.8 Å². The first-order valence-electron chi connectivity index (χ1n) is 5.22. The van der Waals surface area contributed by atoms with Gasteiger partial charge >= 0.3 is 6.18 Å². The summed E-state index contributed by atoms with van der Waals surface area (Å²) in [4.78, 5) is 12.8. The molecule has 0 spiro atoms. The number of fused-ring (bicyclic) bond motifs is 1. The van der Waals surface area contributed by atoms with Crippen LogP contribution in [-0.2, 0) is 4.79 Å². The maximum Gasteiger partial charge on any atom is 0.454 e. The number of alkyl halides is 3. The Morgan fingerprint density at radius 1 is 1.56 bits per heavy atom. The van der Waals surface area contributed by atoms with Crippen LogP contribution in [0, 0.1) is 0 Å². The Bertz CT molecular complexity index is 337. The number of carbonyl (C=O) groups excluding carboxylic acids is 1. The fourth-order valence-electron chi connectivity index (χ4n) is 2.22. The van der Waals surface area contributed by atoms with Gasteiger partial charge in [-0.1, -0.05) is 0 Å². The largest absolute Gasteiger partial charge is 0.454 e. The number of allylic oxidation sites excluding steroid dienone is 1. The summed E-state index contributed by atoms with van der Waals surface area (Å²) in [5, 5.41) is 3.24. The lowest BCUT2D eigenvalue weighted by atomic mass is 10.0. The molecular weight excluding hydrogens is 221 g/mol. The molecule has 0 aromatic carbocycles. The summed E-state index contributed by atoms with van der Waals surface area (Å²) in [6.45, 7) is 2.62. The van der Waals surface area contributed by atoms with Gasteiger partial charge in [0.2, 0.25) is 0 Å². The van der Waals surface area contributed by atoms with Gasteiger partial charge in [-0.3, -0.25) is 10.1 Å². The zero-order valence-electron chi connectivity index (χ0n) is 8.84. The number of nitrogens with one attached hydrogen (secondary N) is 1. The number of hydrogen-bond donors (Lipinski definition) is 1. The van der Waals surface area contributed by atoms with Crippen molar-refractivity contribution in [3.63, 3.8) is 0 Å². The maximum absolute atomic E-state index is 12.2. The fourth-order valence-corrected chi connectivity index (χ4v) is 2.22. The molecule has 1 N–H and O–H groups in total. The molecule has 2 aliphatic heterocycles. The van der Waals surface area contributed by atoms with Crippen molar-refractivity contribution in [2.75, 3.05) is 6.54 Å². The Morgan fingerprint density at radius 3 is 2.88 bits per heavy atom. The molecule has 0 aliphatic carbocycles. The minimum Gasteiger partial charge on any atom is -0.360 e. The standard InChI is InChI=1S/C10H13F3N2O/c1-6-4-15-5-7(2-3-8(15)14-6)9(16)10(11,12)13/h5-6,8,14H,2-4H2,1H3/t6-,8?/m1/s1. The van der Waals surface area contributed by atoms with E-state index in [1.54, 1.807) is 4.90 Å². The van der Waals surface area contributed by atoms with Gasteiger partial charge in [-0.15, -0.1) is 0 Å².